The van der Waals surface area contributed by atoms with Gasteiger partial charge in [0.25, 0.3) is 0 Å². The van der Waals surface area contributed by atoms with Crippen LogP contribution in [0.25, 0.3) is 0 Å². The van der Waals surface area contributed by atoms with Crippen molar-refractivity contribution in [2.45, 2.75) is 19.3 Å². The van der Waals surface area contributed by atoms with Crippen LogP contribution in [-0.2, 0) is 0 Å². The quantitative estimate of drug-likeness (QED) is 0.813. The summed E-state index contributed by atoms with van der Waals surface area (Å²) in [5.41, 5.74) is 8.06. The van der Waals surface area contributed by atoms with E-state index in [1.54, 1.807) is 0 Å². The largest absolute Gasteiger partial charge is 0.389 e. The van der Waals surface area contributed by atoms with Crippen molar-refractivity contribution in [3.63, 3.8) is 0 Å². The molecule has 1 saturated carbocycles. The number of para-hydroxylation sites is 1. The summed E-state index contributed by atoms with van der Waals surface area (Å²) < 4.78 is 0. The number of hydrogen-bond donors (Lipinski definition) is 1. The molecule has 1 aliphatic heterocycles. The molecule has 2 N–H and O–H groups in total. The summed E-state index contributed by atoms with van der Waals surface area (Å²) in [6, 6.07) is 8.27. The lowest BCUT2D eigenvalue weighted by atomic mass is 10.0. The molecule has 1 saturated heterocycles. The van der Waals surface area contributed by atoms with Gasteiger partial charge in [-0.3, -0.25) is 0 Å². The van der Waals surface area contributed by atoms with Gasteiger partial charge in [-0.05, 0) is 36.8 Å². The number of anilines is 1. The van der Waals surface area contributed by atoms with E-state index in [2.05, 4.69) is 17.0 Å². The van der Waals surface area contributed by atoms with Gasteiger partial charge in [0.2, 0.25) is 0 Å². The van der Waals surface area contributed by atoms with Crippen molar-refractivity contribution in [2.75, 3.05) is 18.0 Å². The first kappa shape index (κ1) is 11.0. The van der Waals surface area contributed by atoms with Gasteiger partial charge in [-0.15, -0.1) is 0 Å². The van der Waals surface area contributed by atoms with Gasteiger partial charge in [0.05, 0.1) is 0 Å². The van der Waals surface area contributed by atoms with Crippen LogP contribution in [0, 0.1) is 11.8 Å². The maximum Gasteiger partial charge on any atom is 0.106 e. The van der Waals surface area contributed by atoms with Gasteiger partial charge in [0, 0.05) is 24.3 Å². The first-order valence-electron chi connectivity index (χ1n) is 6.39. The highest BCUT2D eigenvalue weighted by atomic mass is 32.1. The van der Waals surface area contributed by atoms with Crippen LogP contribution in [0.5, 0.6) is 0 Å². The van der Waals surface area contributed by atoms with Crippen molar-refractivity contribution in [3.05, 3.63) is 29.8 Å². The summed E-state index contributed by atoms with van der Waals surface area (Å²) in [5, 5.41) is 0. The molecule has 2 unspecified atom stereocenters. The average molecular weight is 246 g/mol. The Morgan fingerprint density at radius 3 is 2.47 bits per heavy atom. The number of thiocarbonyl (C=S) groups is 1. The van der Waals surface area contributed by atoms with E-state index in [-0.39, 0.29) is 0 Å². The zero-order chi connectivity index (χ0) is 11.8. The van der Waals surface area contributed by atoms with Gasteiger partial charge < -0.3 is 10.6 Å². The van der Waals surface area contributed by atoms with Gasteiger partial charge in [0.15, 0.2) is 0 Å². The molecule has 3 heteroatoms. The van der Waals surface area contributed by atoms with Crippen molar-refractivity contribution in [3.8, 4) is 0 Å². The summed E-state index contributed by atoms with van der Waals surface area (Å²) >= 11 is 5.14. The molecule has 90 valence electrons. The fourth-order valence-corrected chi connectivity index (χ4v) is 3.56. The number of fused-ring (bicyclic) bond motifs is 1. The van der Waals surface area contributed by atoms with Gasteiger partial charge >= 0.3 is 0 Å². The highest BCUT2D eigenvalue weighted by molar-refractivity contribution is 7.80. The minimum Gasteiger partial charge on any atom is -0.389 e. The molecule has 2 fully saturated rings. The summed E-state index contributed by atoms with van der Waals surface area (Å²) in [6.07, 6.45) is 4.22. The molecule has 3 rings (SSSR count). The number of rotatable bonds is 2. The maximum absolute atomic E-state index is 5.80. The summed E-state index contributed by atoms with van der Waals surface area (Å²) in [4.78, 5) is 2.99. The van der Waals surface area contributed by atoms with Gasteiger partial charge in [0.1, 0.15) is 4.99 Å². The highest BCUT2D eigenvalue weighted by Gasteiger charge is 2.36. The van der Waals surface area contributed by atoms with E-state index < -0.39 is 0 Å². The van der Waals surface area contributed by atoms with Crippen LogP contribution < -0.4 is 10.6 Å². The lowest BCUT2D eigenvalue weighted by Gasteiger charge is -2.22. The van der Waals surface area contributed by atoms with Gasteiger partial charge in [-0.1, -0.05) is 30.8 Å². The minimum atomic E-state index is 0.512. The van der Waals surface area contributed by atoms with E-state index in [0.717, 1.165) is 17.4 Å². The number of benzene rings is 1. The van der Waals surface area contributed by atoms with Crippen molar-refractivity contribution >= 4 is 22.9 Å². The van der Waals surface area contributed by atoms with E-state index in [9.17, 15) is 0 Å². The van der Waals surface area contributed by atoms with Crippen molar-refractivity contribution < 1.29 is 0 Å². The van der Waals surface area contributed by atoms with Crippen LogP contribution >= 0.6 is 12.2 Å². The van der Waals surface area contributed by atoms with Crippen molar-refractivity contribution in [2.24, 2.45) is 17.6 Å². The molecule has 0 spiro atoms. The Bertz CT molecular complexity index is 432. The number of hydrogen-bond acceptors (Lipinski definition) is 2. The zero-order valence-corrected chi connectivity index (χ0v) is 10.7. The molecule has 1 aromatic carbocycles. The first-order valence-corrected chi connectivity index (χ1v) is 6.80. The standard InChI is InChI=1S/C14H18N2S/c15-14(17)12-6-1-2-7-13(12)16-8-10-4-3-5-11(10)9-16/h1-2,6-7,10-11H,3-5,8-9H2,(H2,15,17). The third kappa shape index (κ3) is 1.93. The molecule has 17 heavy (non-hydrogen) atoms. The third-order valence-electron chi connectivity index (χ3n) is 4.24. The van der Waals surface area contributed by atoms with E-state index in [1.807, 2.05) is 12.1 Å². The lowest BCUT2D eigenvalue weighted by Crippen LogP contribution is -2.24. The molecule has 0 bridgehead atoms. The number of nitrogens with two attached hydrogens (primary N) is 1. The molecule has 2 aliphatic rings. The molecule has 2 nitrogen and oxygen atoms in total. The maximum atomic E-state index is 5.80. The molecule has 1 aromatic rings. The Kier molecular flexibility index (Phi) is 2.79. The van der Waals surface area contributed by atoms with Crippen molar-refractivity contribution in [1.82, 2.24) is 0 Å². The van der Waals surface area contributed by atoms with Crippen LogP contribution in [0.15, 0.2) is 24.3 Å². The molecule has 0 aromatic heterocycles. The molecule has 1 heterocycles. The van der Waals surface area contributed by atoms with E-state index in [4.69, 9.17) is 18.0 Å². The Morgan fingerprint density at radius 1 is 1.18 bits per heavy atom. The summed E-state index contributed by atoms with van der Waals surface area (Å²) in [6.45, 7) is 2.37. The van der Waals surface area contributed by atoms with E-state index in [0.29, 0.717) is 4.99 Å². The minimum absolute atomic E-state index is 0.512. The number of nitrogens with zero attached hydrogens (tertiary/aromatic N) is 1. The monoisotopic (exact) mass is 246 g/mol. The van der Waals surface area contributed by atoms with Gasteiger partial charge in [-0.2, -0.15) is 0 Å². The van der Waals surface area contributed by atoms with Crippen LogP contribution in [0.4, 0.5) is 5.69 Å². The second-order valence-corrected chi connectivity index (χ2v) is 5.68. The lowest BCUT2D eigenvalue weighted by molar-refractivity contribution is 0.494. The Hall–Kier alpha value is -1.09. The van der Waals surface area contributed by atoms with E-state index >= 15 is 0 Å². The molecule has 0 amide bonds. The van der Waals surface area contributed by atoms with Crippen LogP contribution in [-0.4, -0.2) is 18.1 Å². The Balaban J connectivity index is 1.88. The predicted molar refractivity (Wildman–Crippen MR) is 75.4 cm³/mol. The summed E-state index contributed by atoms with van der Waals surface area (Å²) in [5.74, 6) is 1.80. The van der Waals surface area contributed by atoms with Crippen molar-refractivity contribution in [1.29, 1.82) is 0 Å². The fourth-order valence-electron chi connectivity index (χ4n) is 3.39. The van der Waals surface area contributed by atoms with Crippen LogP contribution in [0.1, 0.15) is 24.8 Å². The first-order chi connectivity index (χ1) is 8.25. The van der Waals surface area contributed by atoms with Gasteiger partial charge in [-0.25, -0.2) is 0 Å². The van der Waals surface area contributed by atoms with Crippen LogP contribution in [0.3, 0.4) is 0 Å². The predicted octanol–water partition coefficient (Wildman–Crippen LogP) is 2.56. The summed E-state index contributed by atoms with van der Waals surface area (Å²) in [7, 11) is 0. The SMILES string of the molecule is NC(=S)c1ccccc1N1CC2CCCC2C1. The average Bonchev–Trinajstić information content (AvgIpc) is 2.88. The second kappa shape index (κ2) is 4.30. The Morgan fingerprint density at radius 2 is 1.82 bits per heavy atom. The highest BCUT2D eigenvalue weighted by Crippen LogP contribution is 2.40. The second-order valence-electron chi connectivity index (χ2n) is 5.24. The normalized spacial score (nSPS) is 27.2. The fraction of sp³-hybridized carbons (Fsp3) is 0.500. The molecular formula is C14H18N2S. The smallest absolute Gasteiger partial charge is 0.106 e. The van der Waals surface area contributed by atoms with Crippen LogP contribution in [0.2, 0.25) is 0 Å². The third-order valence-corrected chi connectivity index (χ3v) is 4.46. The topological polar surface area (TPSA) is 29.3 Å². The molecular weight excluding hydrogens is 228 g/mol. The van der Waals surface area contributed by atoms with E-state index in [1.165, 1.54) is 38.0 Å². The zero-order valence-electron chi connectivity index (χ0n) is 9.93. The molecule has 2 atom stereocenters. The molecule has 0 radical (unpaired) electrons. The molecule has 1 aliphatic carbocycles. The Labute approximate surface area is 108 Å².